The zero-order valence-electron chi connectivity index (χ0n) is 17.7. The number of carbonyl (C=O) groups is 2. The number of piperazine rings is 1. The SMILES string of the molecule is CC(C)(C)OC(=O)N1CCC(CCN2CCN(c3cccc(Br)c3)C(=O)C2)CC1. The Morgan fingerprint density at radius 2 is 1.90 bits per heavy atom. The molecule has 0 saturated carbocycles. The second-order valence-corrected chi connectivity index (χ2v) is 9.92. The Hall–Kier alpha value is -1.60. The minimum absolute atomic E-state index is 0.161. The lowest BCUT2D eigenvalue weighted by Gasteiger charge is -2.36. The highest BCUT2D eigenvalue weighted by Gasteiger charge is 2.29. The number of likely N-dealkylation sites (tertiary alicyclic amines) is 1. The molecule has 0 atom stereocenters. The highest BCUT2D eigenvalue weighted by atomic mass is 79.9. The monoisotopic (exact) mass is 465 g/mol. The predicted molar refractivity (Wildman–Crippen MR) is 118 cm³/mol. The summed E-state index contributed by atoms with van der Waals surface area (Å²) in [6.07, 6.45) is 2.88. The van der Waals surface area contributed by atoms with Crippen LogP contribution in [-0.4, -0.2) is 66.7 Å². The average Bonchev–Trinajstić information content (AvgIpc) is 2.65. The number of carbonyl (C=O) groups excluding carboxylic acids is 2. The maximum absolute atomic E-state index is 12.6. The number of amides is 2. The molecule has 2 heterocycles. The smallest absolute Gasteiger partial charge is 0.410 e. The quantitative estimate of drug-likeness (QED) is 0.670. The molecule has 29 heavy (non-hydrogen) atoms. The second-order valence-electron chi connectivity index (χ2n) is 9.00. The van der Waals surface area contributed by atoms with Crippen molar-refractivity contribution in [1.29, 1.82) is 0 Å². The van der Waals surface area contributed by atoms with E-state index in [0.29, 0.717) is 12.5 Å². The standard InChI is InChI=1S/C22H32BrN3O3/c1-22(2,3)29-21(28)25-11-8-17(9-12-25)7-10-24-13-14-26(20(27)16-24)19-6-4-5-18(23)15-19/h4-6,15,17H,7-14,16H2,1-3H3. The fourth-order valence-corrected chi connectivity index (χ4v) is 4.31. The van der Waals surface area contributed by atoms with Crippen molar-refractivity contribution in [1.82, 2.24) is 9.80 Å². The van der Waals surface area contributed by atoms with Crippen molar-refractivity contribution in [2.24, 2.45) is 5.92 Å². The van der Waals surface area contributed by atoms with Gasteiger partial charge in [0.1, 0.15) is 5.60 Å². The van der Waals surface area contributed by atoms with Crippen LogP contribution >= 0.6 is 15.9 Å². The van der Waals surface area contributed by atoms with Gasteiger partial charge in [0.25, 0.3) is 0 Å². The van der Waals surface area contributed by atoms with Gasteiger partial charge < -0.3 is 14.5 Å². The largest absolute Gasteiger partial charge is 0.444 e. The number of ether oxygens (including phenoxy) is 1. The van der Waals surface area contributed by atoms with E-state index in [-0.39, 0.29) is 12.0 Å². The van der Waals surface area contributed by atoms with Gasteiger partial charge in [-0.15, -0.1) is 0 Å². The Labute approximate surface area is 182 Å². The molecule has 1 aromatic carbocycles. The van der Waals surface area contributed by atoms with Crippen molar-refractivity contribution in [3.63, 3.8) is 0 Å². The Balaban J connectivity index is 1.40. The van der Waals surface area contributed by atoms with Crippen LogP contribution in [0.1, 0.15) is 40.0 Å². The van der Waals surface area contributed by atoms with Crippen LogP contribution in [0.3, 0.4) is 0 Å². The molecule has 2 saturated heterocycles. The van der Waals surface area contributed by atoms with Crippen molar-refractivity contribution in [3.8, 4) is 0 Å². The Bertz CT molecular complexity index is 726. The van der Waals surface area contributed by atoms with Gasteiger partial charge in [-0.2, -0.15) is 0 Å². The van der Waals surface area contributed by atoms with E-state index in [0.717, 1.165) is 62.1 Å². The van der Waals surface area contributed by atoms with E-state index in [1.807, 2.05) is 54.8 Å². The van der Waals surface area contributed by atoms with E-state index in [1.165, 1.54) is 0 Å². The molecule has 2 fully saturated rings. The average molecular weight is 466 g/mol. The summed E-state index contributed by atoms with van der Waals surface area (Å²) in [5.41, 5.74) is 0.511. The number of piperidine rings is 1. The van der Waals surface area contributed by atoms with E-state index in [1.54, 1.807) is 0 Å². The molecule has 0 N–H and O–H groups in total. The van der Waals surface area contributed by atoms with Gasteiger partial charge in [0, 0.05) is 36.3 Å². The van der Waals surface area contributed by atoms with Crippen LogP contribution in [0.2, 0.25) is 0 Å². The molecular weight excluding hydrogens is 434 g/mol. The van der Waals surface area contributed by atoms with Gasteiger partial charge in [-0.3, -0.25) is 9.69 Å². The van der Waals surface area contributed by atoms with Crippen LogP contribution in [0, 0.1) is 5.92 Å². The Morgan fingerprint density at radius 1 is 1.17 bits per heavy atom. The first-order valence-corrected chi connectivity index (χ1v) is 11.3. The highest BCUT2D eigenvalue weighted by Crippen LogP contribution is 2.24. The van der Waals surface area contributed by atoms with E-state index in [4.69, 9.17) is 4.74 Å². The molecule has 0 unspecified atom stereocenters. The van der Waals surface area contributed by atoms with Gasteiger partial charge >= 0.3 is 6.09 Å². The first-order valence-electron chi connectivity index (χ1n) is 10.5. The van der Waals surface area contributed by atoms with E-state index in [9.17, 15) is 9.59 Å². The van der Waals surface area contributed by atoms with Gasteiger partial charge in [-0.1, -0.05) is 22.0 Å². The number of hydrogen-bond donors (Lipinski definition) is 0. The minimum Gasteiger partial charge on any atom is -0.444 e. The van der Waals surface area contributed by atoms with Gasteiger partial charge in [0.2, 0.25) is 5.91 Å². The van der Waals surface area contributed by atoms with E-state index in [2.05, 4.69) is 20.8 Å². The van der Waals surface area contributed by atoms with Gasteiger partial charge in [-0.05, 0) is 70.7 Å². The maximum Gasteiger partial charge on any atom is 0.410 e. The molecule has 6 nitrogen and oxygen atoms in total. The van der Waals surface area contributed by atoms with Crippen molar-refractivity contribution in [3.05, 3.63) is 28.7 Å². The Morgan fingerprint density at radius 3 is 2.52 bits per heavy atom. The third kappa shape index (κ3) is 6.44. The number of hydrogen-bond acceptors (Lipinski definition) is 4. The van der Waals surface area contributed by atoms with E-state index < -0.39 is 5.60 Å². The number of benzene rings is 1. The van der Waals surface area contributed by atoms with Crippen LogP contribution in [0.15, 0.2) is 28.7 Å². The summed E-state index contributed by atoms with van der Waals surface area (Å²) in [7, 11) is 0. The molecule has 2 amide bonds. The number of nitrogens with zero attached hydrogens (tertiary/aromatic N) is 3. The molecule has 2 aliphatic heterocycles. The molecule has 0 radical (unpaired) electrons. The predicted octanol–water partition coefficient (Wildman–Crippen LogP) is 4.13. The summed E-state index contributed by atoms with van der Waals surface area (Å²) in [5.74, 6) is 0.765. The van der Waals surface area contributed by atoms with Crippen molar-refractivity contribution in [2.45, 2.75) is 45.6 Å². The summed E-state index contributed by atoms with van der Waals surface area (Å²) in [5, 5.41) is 0. The zero-order valence-corrected chi connectivity index (χ0v) is 19.3. The summed E-state index contributed by atoms with van der Waals surface area (Å²) in [6, 6.07) is 7.91. The normalized spacial score (nSPS) is 19.5. The lowest BCUT2D eigenvalue weighted by molar-refractivity contribution is -0.121. The minimum atomic E-state index is -0.446. The highest BCUT2D eigenvalue weighted by molar-refractivity contribution is 9.10. The zero-order chi connectivity index (χ0) is 21.0. The summed E-state index contributed by atoms with van der Waals surface area (Å²) >= 11 is 3.48. The van der Waals surface area contributed by atoms with Crippen molar-refractivity contribution in [2.75, 3.05) is 44.2 Å². The number of rotatable bonds is 4. The van der Waals surface area contributed by atoms with Crippen LogP contribution in [0.5, 0.6) is 0 Å². The molecule has 0 spiro atoms. The molecule has 160 valence electrons. The number of anilines is 1. The second kappa shape index (κ2) is 9.47. The molecule has 2 aliphatic rings. The van der Waals surface area contributed by atoms with Crippen LogP contribution < -0.4 is 4.90 Å². The van der Waals surface area contributed by atoms with E-state index >= 15 is 0 Å². The molecular formula is C22H32BrN3O3. The van der Waals surface area contributed by atoms with Crippen molar-refractivity contribution >= 4 is 33.6 Å². The summed E-state index contributed by atoms with van der Waals surface area (Å²) in [4.78, 5) is 30.7. The molecule has 7 heteroatoms. The van der Waals surface area contributed by atoms with Crippen molar-refractivity contribution < 1.29 is 14.3 Å². The Kier molecular flexibility index (Phi) is 7.22. The van der Waals surface area contributed by atoms with Crippen LogP contribution in [0.25, 0.3) is 0 Å². The van der Waals surface area contributed by atoms with Gasteiger partial charge in [0.15, 0.2) is 0 Å². The maximum atomic E-state index is 12.6. The first-order chi connectivity index (χ1) is 13.7. The molecule has 0 bridgehead atoms. The topological polar surface area (TPSA) is 53.1 Å². The summed E-state index contributed by atoms with van der Waals surface area (Å²) < 4.78 is 6.46. The third-order valence-electron chi connectivity index (χ3n) is 5.54. The van der Waals surface area contributed by atoms with Gasteiger partial charge in [0.05, 0.1) is 6.54 Å². The lowest BCUT2D eigenvalue weighted by atomic mass is 9.93. The molecule has 0 aromatic heterocycles. The number of halogens is 1. The van der Waals surface area contributed by atoms with Gasteiger partial charge in [-0.25, -0.2) is 4.79 Å². The van der Waals surface area contributed by atoms with Crippen LogP contribution in [-0.2, 0) is 9.53 Å². The fourth-order valence-electron chi connectivity index (χ4n) is 3.93. The third-order valence-corrected chi connectivity index (χ3v) is 6.03. The molecule has 0 aliphatic carbocycles. The summed E-state index contributed by atoms with van der Waals surface area (Å²) in [6.45, 7) is 10.3. The first kappa shape index (κ1) is 22.1. The molecule has 3 rings (SSSR count). The fraction of sp³-hybridized carbons (Fsp3) is 0.636. The molecule has 1 aromatic rings. The lowest BCUT2D eigenvalue weighted by Crippen LogP contribution is -2.51. The van der Waals surface area contributed by atoms with Crippen LogP contribution in [0.4, 0.5) is 10.5 Å².